The molecule has 1 fully saturated rings. The van der Waals surface area contributed by atoms with Crippen molar-refractivity contribution in [1.29, 1.82) is 0 Å². The van der Waals surface area contributed by atoms with Gasteiger partial charge in [0.2, 0.25) is 5.76 Å². The third kappa shape index (κ3) is 2.91. The van der Waals surface area contributed by atoms with Crippen LogP contribution in [0.3, 0.4) is 0 Å². The lowest BCUT2D eigenvalue weighted by molar-refractivity contribution is 0.0486. The van der Waals surface area contributed by atoms with Crippen molar-refractivity contribution in [3.63, 3.8) is 0 Å². The van der Waals surface area contributed by atoms with Crippen molar-refractivity contribution in [2.75, 3.05) is 13.2 Å². The standard InChI is InChI=1S/C23H21NO5/c1-13-7-8-18-17(10-13)21(26)19-20(14-4-2-5-15(25)11-14)24(23(27)22(19)29-18)12-16-6-3-9-28-16/h2,4-5,7-8,10-11,16,20,25H,3,6,9,12H2,1H3. The maximum Gasteiger partial charge on any atom is 0.291 e. The van der Waals surface area contributed by atoms with Crippen LogP contribution < -0.4 is 5.43 Å². The molecule has 0 bridgehead atoms. The zero-order valence-electron chi connectivity index (χ0n) is 16.1. The minimum absolute atomic E-state index is 0.0696. The zero-order valence-corrected chi connectivity index (χ0v) is 16.1. The number of aromatic hydroxyl groups is 1. The predicted molar refractivity (Wildman–Crippen MR) is 107 cm³/mol. The third-order valence-corrected chi connectivity index (χ3v) is 5.73. The Kier molecular flexibility index (Phi) is 4.17. The van der Waals surface area contributed by atoms with Crippen molar-refractivity contribution in [2.24, 2.45) is 0 Å². The summed E-state index contributed by atoms with van der Waals surface area (Å²) < 4.78 is 11.7. The molecule has 3 heterocycles. The molecule has 2 unspecified atom stereocenters. The first kappa shape index (κ1) is 17.9. The Balaban J connectivity index is 1.72. The highest BCUT2D eigenvalue weighted by Crippen LogP contribution is 2.39. The fourth-order valence-corrected chi connectivity index (χ4v) is 4.37. The largest absolute Gasteiger partial charge is 0.508 e. The molecule has 0 saturated carbocycles. The van der Waals surface area contributed by atoms with E-state index in [2.05, 4.69) is 0 Å². The smallest absolute Gasteiger partial charge is 0.291 e. The molecule has 0 spiro atoms. The lowest BCUT2D eigenvalue weighted by atomic mass is 9.97. The van der Waals surface area contributed by atoms with Crippen LogP contribution in [0.25, 0.3) is 11.0 Å². The van der Waals surface area contributed by atoms with Crippen molar-refractivity contribution >= 4 is 16.9 Å². The van der Waals surface area contributed by atoms with Crippen molar-refractivity contribution in [2.45, 2.75) is 31.9 Å². The zero-order chi connectivity index (χ0) is 20.1. The van der Waals surface area contributed by atoms with E-state index in [-0.39, 0.29) is 28.9 Å². The van der Waals surface area contributed by atoms with Gasteiger partial charge in [-0.3, -0.25) is 9.59 Å². The fraction of sp³-hybridized carbons (Fsp3) is 0.304. The average molecular weight is 391 g/mol. The lowest BCUT2D eigenvalue weighted by Crippen LogP contribution is -2.36. The molecule has 2 aliphatic rings. The molecule has 0 aliphatic carbocycles. The molecular weight excluding hydrogens is 370 g/mol. The summed E-state index contributed by atoms with van der Waals surface area (Å²) in [6.45, 7) is 2.96. The van der Waals surface area contributed by atoms with E-state index in [0.29, 0.717) is 35.2 Å². The number of rotatable bonds is 3. The number of nitrogens with zero attached hydrogens (tertiary/aromatic N) is 1. The van der Waals surface area contributed by atoms with Gasteiger partial charge in [-0.2, -0.15) is 0 Å². The van der Waals surface area contributed by atoms with Crippen LogP contribution in [-0.4, -0.2) is 35.2 Å². The summed E-state index contributed by atoms with van der Waals surface area (Å²) in [6, 6.07) is 11.4. The molecule has 1 amide bonds. The van der Waals surface area contributed by atoms with Crippen molar-refractivity contribution < 1.29 is 19.1 Å². The SMILES string of the molecule is Cc1ccc2oc3c(c(=O)c2c1)C(c1cccc(O)c1)N(CC1CCCO1)C3=O. The number of hydrogen-bond acceptors (Lipinski definition) is 5. The molecule has 1 N–H and O–H groups in total. The molecule has 2 atom stereocenters. The van der Waals surface area contributed by atoms with Crippen LogP contribution in [0, 0.1) is 6.92 Å². The van der Waals surface area contributed by atoms with Crippen LogP contribution in [-0.2, 0) is 4.74 Å². The summed E-state index contributed by atoms with van der Waals surface area (Å²) >= 11 is 0. The van der Waals surface area contributed by atoms with Crippen molar-refractivity contribution in [3.05, 3.63) is 75.1 Å². The summed E-state index contributed by atoms with van der Waals surface area (Å²) in [6.07, 6.45) is 1.76. The second-order valence-corrected chi connectivity index (χ2v) is 7.76. The number of carbonyl (C=O) groups excluding carboxylic acids is 1. The number of hydrogen-bond donors (Lipinski definition) is 1. The van der Waals surface area contributed by atoms with Gasteiger partial charge >= 0.3 is 0 Å². The number of fused-ring (bicyclic) bond motifs is 2. The topological polar surface area (TPSA) is 80.0 Å². The van der Waals surface area contributed by atoms with Crippen LogP contribution >= 0.6 is 0 Å². The Morgan fingerprint density at radius 2 is 2.03 bits per heavy atom. The first-order valence-corrected chi connectivity index (χ1v) is 9.82. The Bertz CT molecular complexity index is 1180. The first-order chi connectivity index (χ1) is 14.0. The molecular formula is C23H21NO5. The van der Waals surface area contributed by atoms with Gasteiger partial charge in [-0.05, 0) is 49.6 Å². The lowest BCUT2D eigenvalue weighted by Gasteiger charge is -2.27. The monoisotopic (exact) mass is 391 g/mol. The molecule has 6 nitrogen and oxygen atoms in total. The van der Waals surface area contributed by atoms with Gasteiger partial charge in [0, 0.05) is 13.2 Å². The van der Waals surface area contributed by atoms with Gasteiger partial charge in [0.1, 0.15) is 11.3 Å². The van der Waals surface area contributed by atoms with Crippen LogP contribution in [0.4, 0.5) is 0 Å². The highest BCUT2D eigenvalue weighted by molar-refractivity contribution is 5.99. The maximum absolute atomic E-state index is 13.4. The van der Waals surface area contributed by atoms with E-state index in [1.165, 1.54) is 0 Å². The molecule has 2 aliphatic heterocycles. The number of amides is 1. The maximum atomic E-state index is 13.4. The fourth-order valence-electron chi connectivity index (χ4n) is 4.37. The highest BCUT2D eigenvalue weighted by Gasteiger charge is 2.44. The Labute approximate surface area is 167 Å². The van der Waals surface area contributed by atoms with Crippen LogP contribution in [0.5, 0.6) is 5.75 Å². The predicted octanol–water partition coefficient (Wildman–Crippen LogP) is 3.53. The average Bonchev–Trinajstić information content (AvgIpc) is 3.31. The number of benzene rings is 2. The van der Waals surface area contributed by atoms with Gasteiger partial charge in [0.25, 0.3) is 5.91 Å². The van der Waals surface area contributed by atoms with E-state index in [1.807, 2.05) is 19.1 Å². The van der Waals surface area contributed by atoms with E-state index < -0.39 is 6.04 Å². The summed E-state index contributed by atoms with van der Waals surface area (Å²) in [5, 5.41) is 10.5. The van der Waals surface area contributed by atoms with Crippen LogP contribution in [0.15, 0.2) is 51.7 Å². The molecule has 1 aromatic heterocycles. The summed E-state index contributed by atoms with van der Waals surface area (Å²) in [7, 11) is 0. The quantitative estimate of drug-likeness (QED) is 0.739. The molecule has 5 rings (SSSR count). The number of carbonyl (C=O) groups is 1. The Morgan fingerprint density at radius 3 is 2.79 bits per heavy atom. The molecule has 1 saturated heterocycles. The van der Waals surface area contributed by atoms with Crippen molar-refractivity contribution in [3.8, 4) is 5.75 Å². The van der Waals surface area contributed by atoms with E-state index in [4.69, 9.17) is 9.15 Å². The van der Waals surface area contributed by atoms with E-state index in [9.17, 15) is 14.7 Å². The highest BCUT2D eigenvalue weighted by atomic mass is 16.5. The normalized spacial score (nSPS) is 21.1. The first-order valence-electron chi connectivity index (χ1n) is 9.82. The molecule has 2 aromatic carbocycles. The second-order valence-electron chi connectivity index (χ2n) is 7.76. The Hall–Kier alpha value is -3.12. The Morgan fingerprint density at radius 1 is 1.17 bits per heavy atom. The van der Waals surface area contributed by atoms with E-state index in [1.54, 1.807) is 35.2 Å². The second kappa shape index (κ2) is 6.74. The number of ether oxygens (including phenoxy) is 1. The van der Waals surface area contributed by atoms with Gasteiger partial charge in [-0.1, -0.05) is 23.8 Å². The number of aryl methyl sites for hydroxylation is 1. The molecule has 3 aromatic rings. The summed E-state index contributed by atoms with van der Waals surface area (Å²) in [5.41, 5.74) is 2.15. The minimum atomic E-state index is -0.616. The molecule has 6 heteroatoms. The van der Waals surface area contributed by atoms with Gasteiger partial charge in [0.05, 0.1) is 23.1 Å². The summed E-state index contributed by atoms with van der Waals surface area (Å²) in [4.78, 5) is 28.4. The third-order valence-electron chi connectivity index (χ3n) is 5.73. The van der Waals surface area contributed by atoms with Gasteiger partial charge in [0.15, 0.2) is 5.43 Å². The summed E-state index contributed by atoms with van der Waals surface area (Å²) in [5.74, 6) is -0.150. The van der Waals surface area contributed by atoms with Gasteiger partial charge in [-0.15, -0.1) is 0 Å². The molecule has 0 radical (unpaired) electrons. The molecule has 148 valence electrons. The van der Waals surface area contributed by atoms with E-state index >= 15 is 0 Å². The van der Waals surface area contributed by atoms with Gasteiger partial charge in [-0.25, -0.2) is 0 Å². The number of phenols is 1. The van der Waals surface area contributed by atoms with Crippen LogP contribution in [0.1, 0.15) is 46.1 Å². The van der Waals surface area contributed by atoms with Gasteiger partial charge < -0.3 is 19.2 Å². The molecule has 29 heavy (non-hydrogen) atoms. The minimum Gasteiger partial charge on any atom is -0.508 e. The van der Waals surface area contributed by atoms with E-state index in [0.717, 1.165) is 18.4 Å². The number of phenolic OH excluding ortho intramolecular Hbond substituents is 1. The van der Waals surface area contributed by atoms with Crippen LogP contribution in [0.2, 0.25) is 0 Å². The van der Waals surface area contributed by atoms with Crippen molar-refractivity contribution in [1.82, 2.24) is 4.90 Å².